The van der Waals surface area contributed by atoms with Gasteiger partial charge in [-0.25, -0.2) is 0 Å². The van der Waals surface area contributed by atoms with Crippen LogP contribution < -0.4 is 63.8 Å². The van der Waals surface area contributed by atoms with Crippen LogP contribution in [0.5, 0.6) is 0 Å². The van der Waals surface area contributed by atoms with Gasteiger partial charge >= 0.3 is 0 Å². The van der Waals surface area contributed by atoms with E-state index in [-0.39, 0.29) is 0 Å². The van der Waals surface area contributed by atoms with Crippen molar-refractivity contribution in [2.75, 3.05) is 151 Å². The monoisotopic (exact) mass is 1660 g/mol. The topological polar surface area (TPSA) is 144 Å². The van der Waals surface area contributed by atoms with Crippen LogP contribution in [0.15, 0.2) is 121 Å². The summed E-state index contributed by atoms with van der Waals surface area (Å²) in [6.07, 6.45) is 50.9. The van der Waals surface area contributed by atoms with E-state index in [9.17, 15) is 0 Å². The fourth-order valence-corrected chi connectivity index (χ4v) is 19.4. The normalized spacial score (nSPS) is 26.6. The molecule has 12 fully saturated rings. The lowest BCUT2D eigenvalue weighted by atomic mass is 9.87. The zero-order valence-corrected chi connectivity index (χ0v) is 80.1. The molecule has 12 nitrogen and oxygen atoms in total. The van der Waals surface area contributed by atoms with Gasteiger partial charge in [-0.05, 0) is 455 Å². The second kappa shape index (κ2) is 74.5. The standard InChI is InChI=1S/C19H23N.2C12H17N.2C9H19N.2C8H17N.2C7H15N.2C6H13N.C5H11N/c1-3-7-16(8-4-1)13-18-11-12-19(20-15-18)14-17-9-5-2-6-10-17;2*1-2-5-11(6-3-1)9-12-7-4-8-13-10-12;2*1-8(2)6-9-4-3-5-10-7-9;2*1-2-4-8-5-3-6-9-7-8;2*1-2-7-4-3-5-8-6-7;2*1-6-3-2-4-7-5-6;1-2-4-6-5-3-1/h1-10,18-20H,11-15H2;2*1-3,5-6,12-13H,4,7-10H2;2*8-10H,3-7H2,1-2H3;2*8-9H,2-7H2,1H3;2*7-8H,2-6H2,1H3;2*6-7H,2-5H2,1H3;6H,1-5H2/t;2*12-;2*9-;2*8-;2*7-;2*6-;/m.1010101010./s1. The molecule has 12 heteroatoms. The maximum absolute atomic E-state index is 3.74. The van der Waals surface area contributed by atoms with Gasteiger partial charge in [-0.15, -0.1) is 0 Å². The molecule has 688 valence electrons. The minimum atomic E-state index is 0.657. The Morgan fingerprint density at radius 2 is 0.500 bits per heavy atom. The Morgan fingerprint density at radius 3 is 0.700 bits per heavy atom. The van der Waals surface area contributed by atoms with E-state index >= 15 is 0 Å². The SMILES string of the molecule is C1CCNCC1.CC(C)C[C@@H]1CCCNC1.CC(C)C[C@H]1CCCNC1.CCC[C@@H]1CCCNC1.CCC[C@H]1CCCNC1.CC[C@@H]1CCCNC1.CC[C@H]1CCCNC1.C[C@@H]1CCCNC1.C[C@H]1CCCNC1.c1ccc(CC2CCC(Cc3ccccc3)NC2)cc1.c1ccc(C[C@@H]2CCCNC2)cc1.c1ccc(C[C@H]2CCCNC2)cc1. The molecule has 120 heavy (non-hydrogen) atoms. The van der Waals surface area contributed by atoms with Gasteiger partial charge in [-0.1, -0.05) is 223 Å². The summed E-state index contributed by atoms with van der Waals surface area (Å²) in [6, 6.07) is 44.0. The molecule has 12 aliphatic rings. The van der Waals surface area contributed by atoms with Crippen LogP contribution in [0.3, 0.4) is 0 Å². The van der Waals surface area contributed by atoms with E-state index in [0.29, 0.717) is 6.04 Å². The number of rotatable bonds is 18. The summed E-state index contributed by atoms with van der Waals surface area (Å²) in [6.45, 7) is 51.5. The average Bonchev–Trinajstić information content (AvgIpc) is 0.875. The smallest absolute Gasteiger partial charge is 0.0108 e. The summed E-state index contributed by atoms with van der Waals surface area (Å²) in [5.41, 5.74) is 5.89. The fourth-order valence-electron chi connectivity index (χ4n) is 19.4. The van der Waals surface area contributed by atoms with Crippen molar-refractivity contribution < 1.29 is 0 Å². The molecule has 0 aromatic heterocycles. The first-order valence-corrected chi connectivity index (χ1v) is 51.6. The molecule has 0 bridgehead atoms. The van der Waals surface area contributed by atoms with E-state index in [4.69, 9.17) is 0 Å². The van der Waals surface area contributed by atoms with Gasteiger partial charge in [-0.2, -0.15) is 0 Å². The Balaban J connectivity index is 0.000000237. The number of nitrogens with one attached hydrogen (secondary N) is 12. The molecule has 12 aliphatic heterocycles. The molecule has 4 aromatic carbocycles. The molecular formula is C108H196N12. The van der Waals surface area contributed by atoms with Crippen molar-refractivity contribution in [3.8, 4) is 0 Å². The van der Waals surface area contributed by atoms with Crippen molar-refractivity contribution in [1.29, 1.82) is 0 Å². The summed E-state index contributed by atoms with van der Waals surface area (Å²) in [5, 5.41) is 41.1. The van der Waals surface area contributed by atoms with Crippen LogP contribution >= 0.6 is 0 Å². The van der Waals surface area contributed by atoms with E-state index < -0.39 is 0 Å². The Kier molecular flexibility index (Phi) is 66.4. The molecule has 12 saturated heterocycles. The third-order valence-corrected chi connectivity index (χ3v) is 26.7. The van der Waals surface area contributed by atoms with Gasteiger partial charge in [0.05, 0.1) is 0 Å². The number of piperidine rings is 12. The Labute approximate surface area is 743 Å². The zero-order valence-electron chi connectivity index (χ0n) is 80.1. The van der Waals surface area contributed by atoms with Crippen LogP contribution in [0.4, 0.5) is 0 Å². The molecule has 2 unspecified atom stereocenters. The average molecular weight is 1660 g/mol. The van der Waals surface area contributed by atoms with E-state index in [0.717, 1.165) is 83.5 Å². The highest BCUT2D eigenvalue weighted by Crippen LogP contribution is 2.25. The molecule has 16 rings (SSSR count). The molecule has 12 N–H and O–H groups in total. The molecule has 0 amide bonds. The lowest BCUT2D eigenvalue weighted by Gasteiger charge is -2.30. The van der Waals surface area contributed by atoms with Crippen molar-refractivity contribution in [2.24, 2.45) is 76.9 Å². The minimum absolute atomic E-state index is 0.657. The van der Waals surface area contributed by atoms with Gasteiger partial charge < -0.3 is 63.8 Å². The molecular weight excluding hydrogens is 1470 g/mol. The highest BCUT2D eigenvalue weighted by Gasteiger charge is 2.23. The number of benzene rings is 4. The summed E-state index contributed by atoms with van der Waals surface area (Å²) >= 11 is 0. The Hall–Kier alpha value is -3.60. The molecule has 0 saturated carbocycles. The second-order valence-electron chi connectivity index (χ2n) is 39.4. The van der Waals surface area contributed by atoms with Crippen LogP contribution in [-0.4, -0.2) is 157 Å². The lowest BCUT2D eigenvalue weighted by molar-refractivity contribution is 0.307. The summed E-state index contributed by atoms with van der Waals surface area (Å²) in [7, 11) is 0. The van der Waals surface area contributed by atoms with Crippen LogP contribution in [0.1, 0.15) is 303 Å². The molecule has 12 atom stereocenters. The largest absolute Gasteiger partial charge is 0.317 e. The van der Waals surface area contributed by atoms with Gasteiger partial charge in [-0.3, -0.25) is 0 Å². The van der Waals surface area contributed by atoms with Gasteiger partial charge in [0.2, 0.25) is 0 Å². The Morgan fingerprint density at radius 1 is 0.242 bits per heavy atom. The van der Waals surface area contributed by atoms with Crippen molar-refractivity contribution in [3.63, 3.8) is 0 Å². The van der Waals surface area contributed by atoms with Crippen molar-refractivity contribution in [3.05, 3.63) is 144 Å². The molecule has 0 aliphatic carbocycles. The maximum atomic E-state index is 3.74. The first-order valence-electron chi connectivity index (χ1n) is 51.6. The maximum Gasteiger partial charge on any atom is 0.0108 e. The quantitative estimate of drug-likeness (QED) is 0.0461. The summed E-state index contributed by atoms with van der Waals surface area (Å²) < 4.78 is 0. The first kappa shape index (κ1) is 107. The number of hydrogen-bond donors (Lipinski definition) is 12. The van der Waals surface area contributed by atoms with Crippen LogP contribution in [0.2, 0.25) is 0 Å². The molecule has 0 spiro atoms. The summed E-state index contributed by atoms with van der Waals surface area (Å²) in [4.78, 5) is 0. The highest BCUT2D eigenvalue weighted by molar-refractivity contribution is 5.19. The first-order chi connectivity index (χ1) is 58.9. The van der Waals surface area contributed by atoms with Crippen LogP contribution in [-0.2, 0) is 25.7 Å². The van der Waals surface area contributed by atoms with Gasteiger partial charge in [0.25, 0.3) is 0 Å². The lowest BCUT2D eigenvalue weighted by Crippen LogP contribution is -2.40. The van der Waals surface area contributed by atoms with E-state index in [2.05, 4.69) is 254 Å². The predicted octanol–water partition coefficient (Wildman–Crippen LogP) is 21.5. The van der Waals surface area contributed by atoms with Gasteiger partial charge in [0.15, 0.2) is 0 Å². The third-order valence-electron chi connectivity index (χ3n) is 26.7. The third kappa shape index (κ3) is 58.6. The molecule has 4 aromatic rings. The predicted molar refractivity (Wildman–Crippen MR) is 528 cm³/mol. The molecule has 0 radical (unpaired) electrons. The van der Waals surface area contributed by atoms with Crippen molar-refractivity contribution in [1.82, 2.24) is 63.8 Å². The minimum Gasteiger partial charge on any atom is -0.317 e. The van der Waals surface area contributed by atoms with E-state index in [1.807, 2.05) is 0 Å². The Bertz CT molecular complexity index is 2520. The van der Waals surface area contributed by atoms with Crippen molar-refractivity contribution in [2.45, 2.75) is 313 Å². The van der Waals surface area contributed by atoms with E-state index in [1.54, 1.807) is 0 Å². The van der Waals surface area contributed by atoms with E-state index in [1.165, 1.54) is 404 Å². The fraction of sp³-hybridized carbons (Fsp3) is 0.778. The van der Waals surface area contributed by atoms with Crippen LogP contribution in [0, 0.1) is 76.9 Å². The zero-order chi connectivity index (χ0) is 85.4. The van der Waals surface area contributed by atoms with Crippen molar-refractivity contribution >= 4 is 0 Å². The number of hydrogen-bond acceptors (Lipinski definition) is 12. The highest BCUT2D eigenvalue weighted by atomic mass is 14.9. The van der Waals surface area contributed by atoms with Crippen LogP contribution in [0.25, 0.3) is 0 Å². The van der Waals surface area contributed by atoms with Gasteiger partial charge in [0.1, 0.15) is 0 Å². The second-order valence-corrected chi connectivity index (χ2v) is 39.4. The van der Waals surface area contributed by atoms with Gasteiger partial charge in [0, 0.05) is 6.04 Å². The summed E-state index contributed by atoms with van der Waals surface area (Å²) in [5.74, 6) is 12.0. The molecule has 12 heterocycles.